The van der Waals surface area contributed by atoms with Gasteiger partial charge in [0, 0.05) is 6.54 Å². The maximum atomic E-state index is 12.3. The molecule has 0 radical (unpaired) electrons. The van der Waals surface area contributed by atoms with Gasteiger partial charge < -0.3 is 9.64 Å². The van der Waals surface area contributed by atoms with Gasteiger partial charge in [0.25, 0.3) is 0 Å². The molecule has 0 aromatic heterocycles. The smallest absolute Gasteiger partial charge is 0.410 e. The molecule has 1 atom stereocenters. The van der Waals surface area contributed by atoms with E-state index in [1.54, 1.807) is 0 Å². The van der Waals surface area contributed by atoms with Crippen molar-refractivity contribution in [1.82, 2.24) is 4.90 Å². The van der Waals surface area contributed by atoms with E-state index in [-0.39, 0.29) is 12.1 Å². The lowest BCUT2D eigenvalue weighted by molar-refractivity contribution is 0.0224. The molecule has 110 valence electrons. The Morgan fingerprint density at radius 1 is 1.20 bits per heavy atom. The molecule has 3 heteroatoms. The highest BCUT2D eigenvalue weighted by Crippen LogP contribution is 2.34. The van der Waals surface area contributed by atoms with Crippen molar-refractivity contribution in [3.05, 3.63) is 34.9 Å². The number of amides is 1. The molecule has 1 aliphatic rings. The number of nitrogens with zero attached hydrogens (tertiary/aromatic N) is 1. The van der Waals surface area contributed by atoms with Crippen molar-refractivity contribution in [1.29, 1.82) is 0 Å². The molecule has 1 fully saturated rings. The number of rotatable bonds is 1. The zero-order chi connectivity index (χ0) is 14.9. The summed E-state index contributed by atoms with van der Waals surface area (Å²) in [5, 5.41) is 0. The molecule has 1 amide bonds. The Morgan fingerprint density at radius 3 is 2.35 bits per heavy atom. The normalized spacial score (nSPS) is 19.2. The van der Waals surface area contributed by atoms with E-state index in [0.717, 1.165) is 19.4 Å². The van der Waals surface area contributed by atoms with Crippen molar-refractivity contribution < 1.29 is 9.53 Å². The van der Waals surface area contributed by atoms with Crippen LogP contribution in [0.5, 0.6) is 0 Å². The van der Waals surface area contributed by atoms with Gasteiger partial charge in [-0.25, -0.2) is 4.79 Å². The molecule has 0 unspecified atom stereocenters. The maximum absolute atomic E-state index is 12.3. The van der Waals surface area contributed by atoms with Crippen LogP contribution in [0.4, 0.5) is 4.79 Å². The summed E-state index contributed by atoms with van der Waals surface area (Å²) in [6.07, 6.45) is 1.86. The minimum absolute atomic E-state index is 0.156. The molecule has 1 aliphatic heterocycles. The van der Waals surface area contributed by atoms with Crippen LogP contribution in [-0.4, -0.2) is 23.1 Å². The highest BCUT2D eigenvalue weighted by molar-refractivity contribution is 5.69. The van der Waals surface area contributed by atoms with Crippen LogP contribution in [0.15, 0.2) is 18.2 Å². The van der Waals surface area contributed by atoms with Gasteiger partial charge in [0.2, 0.25) is 0 Å². The fourth-order valence-corrected chi connectivity index (χ4v) is 2.85. The number of likely N-dealkylation sites (tertiary alicyclic amines) is 1. The van der Waals surface area contributed by atoms with Gasteiger partial charge in [0.05, 0.1) is 6.04 Å². The monoisotopic (exact) mass is 275 g/mol. The number of hydrogen-bond donors (Lipinski definition) is 0. The minimum Gasteiger partial charge on any atom is -0.444 e. The highest BCUT2D eigenvalue weighted by Gasteiger charge is 2.33. The molecular formula is C17H25NO2. The Labute approximate surface area is 121 Å². The number of aryl methyl sites for hydroxylation is 2. The van der Waals surface area contributed by atoms with Crippen molar-refractivity contribution in [2.45, 2.75) is 59.1 Å². The summed E-state index contributed by atoms with van der Waals surface area (Å²) >= 11 is 0. The zero-order valence-corrected chi connectivity index (χ0v) is 13.2. The Bertz CT molecular complexity index is 482. The summed E-state index contributed by atoms with van der Waals surface area (Å²) in [7, 11) is 0. The summed E-state index contributed by atoms with van der Waals surface area (Å²) in [6.45, 7) is 10.7. The fourth-order valence-electron chi connectivity index (χ4n) is 2.85. The lowest BCUT2D eigenvalue weighted by Gasteiger charge is -2.29. The van der Waals surface area contributed by atoms with E-state index in [2.05, 4.69) is 32.0 Å². The Kier molecular flexibility index (Phi) is 4.07. The van der Waals surface area contributed by atoms with E-state index >= 15 is 0 Å². The Morgan fingerprint density at radius 2 is 1.80 bits per heavy atom. The van der Waals surface area contributed by atoms with Crippen LogP contribution in [0.25, 0.3) is 0 Å². The summed E-state index contributed by atoms with van der Waals surface area (Å²) in [5.74, 6) is 0. The largest absolute Gasteiger partial charge is 0.444 e. The molecule has 3 nitrogen and oxygen atoms in total. The van der Waals surface area contributed by atoms with Crippen LogP contribution in [0.2, 0.25) is 0 Å². The minimum atomic E-state index is -0.438. The summed E-state index contributed by atoms with van der Waals surface area (Å²) < 4.78 is 5.52. The van der Waals surface area contributed by atoms with Crippen molar-refractivity contribution >= 4 is 6.09 Å². The molecule has 0 N–H and O–H groups in total. The number of carbonyl (C=O) groups is 1. The van der Waals surface area contributed by atoms with E-state index in [9.17, 15) is 4.79 Å². The molecule has 1 aromatic carbocycles. The lowest BCUT2D eigenvalue weighted by atomic mass is 10.00. The quantitative estimate of drug-likeness (QED) is 0.761. The van der Waals surface area contributed by atoms with Crippen LogP contribution in [0, 0.1) is 13.8 Å². The van der Waals surface area contributed by atoms with Crippen LogP contribution >= 0.6 is 0 Å². The molecular weight excluding hydrogens is 250 g/mol. The second-order valence-corrected chi connectivity index (χ2v) is 6.75. The van der Waals surface area contributed by atoms with Gasteiger partial charge in [-0.1, -0.05) is 29.3 Å². The molecule has 0 aliphatic carbocycles. The zero-order valence-electron chi connectivity index (χ0n) is 13.2. The van der Waals surface area contributed by atoms with Crippen LogP contribution < -0.4 is 0 Å². The molecule has 2 rings (SSSR count). The first kappa shape index (κ1) is 14.9. The van der Waals surface area contributed by atoms with Gasteiger partial charge in [-0.05, 0) is 53.0 Å². The summed E-state index contributed by atoms with van der Waals surface area (Å²) in [4.78, 5) is 14.2. The average molecular weight is 275 g/mol. The first-order chi connectivity index (χ1) is 9.26. The van der Waals surface area contributed by atoms with Crippen molar-refractivity contribution in [2.75, 3.05) is 6.54 Å². The number of ether oxygens (including phenoxy) is 1. The summed E-state index contributed by atoms with van der Waals surface area (Å²) in [5.41, 5.74) is 3.28. The topological polar surface area (TPSA) is 29.5 Å². The SMILES string of the molecule is Cc1cc(C)cc([C@@H]2CCCN2C(=O)OC(C)(C)C)c1. The van der Waals surface area contributed by atoms with Gasteiger partial charge in [-0.2, -0.15) is 0 Å². The number of carbonyl (C=O) groups excluding carboxylic acids is 1. The molecule has 1 saturated heterocycles. The molecule has 1 heterocycles. The van der Waals surface area contributed by atoms with Crippen LogP contribution in [0.3, 0.4) is 0 Å². The molecule has 0 spiro atoms. The third kappa shape index (κ3) is 3.53. The van der Waals surface area contributed by atoms with Crippen molar-refractivity contribution in [3.8, 4) is 0 Å². The van der Waals surface area contributed by atoms with Crippen molar-refractivity contribution in [2.24, 2.45) is 0 Å². The molecule has 1 aromatic rings. The fraction of sp³-hybridized carbons (Fsp3) is 0.588. The van der Waals surface area contributed by atoms with E-state index in [0.29, 0.717) is 0 Å². The van der Waals surface area contributed by atoms with Crippen molar-refractivity contribution in [3.63, 3.8) is 0 Å². The van der Waals surface area contributed by atoms with E-state index in [1.807, 2.05) is 25.7 Å². The third-order valence-electron chi connectivity index (χ3n) is 3.51. The second kappa shape index (κ2) is 5.47. The summed E-state index contributed by atoms with van der Waals surface area (Å²) in [6, 6.07) is 6.68. The van der Waals surface area contributed by atoms with Gasteiger partial charge in [0.15, 0.2) is 0 Å². The van der Waals surface area contributed by atoms with E-state index < -0.39 is 5.60 Å². The molecule has 20 heavy (non-hydrogen) atoms. The van der Waals surface area contributed by atoms with E-state index in [1.165, 1.54) is 16.7 Å². The standard InChI is InChI=1S/C17H25NO2/c1-12-9-13(2)11-14(10-12)15-7-6-8-18(15)16(19)20-17(3,4)5/h9-11,15H,6-8H2,1-5H3/t15-/m0/s1. The van der Waals surface area contributed by atoms with Gasteiger partial charge in [-0.15, -0.1) is 0 Å². The van der Waals surface area contributed by atoms with Gasteiger partial charge in [-0.3, -0.25) is 0 Å². The van der Waals surface area contributed by atoms with E-state index in [4.69, 9.17) is 4.74 Å². The highest BCUT2D eigenvalue weighted by atomic mass is 16.6. The number of hydrogen-bond acceptors (Lipinski definition) is 2. The van der Waals surface area contributed by atoms with Crippen LogP contribution in [0.1, 0.15) is 56.3 Å². The second-order valence-electron chi connectivity index (χ2n) is 6.75. The predicted molar refractivity (Wildman–Crippen MR) is 80.8 cm³/mol. The van der Waals surface area contributed by atoms with Gasteiger partial charge >= 0.3 is 6.09 Å². The first-order valence-electron chi connectivity index (χ1n) is 7.34. The Hall–Kier alpha value is -1.51. The molecule has 0 bridgehead atoms. The Balaban J connectivity index is 2.20. The van der Waals surface area contributed by atoms with Gasteiger partial charge in [0.1, 0.15) is 5.60 Å². The predicted octanol–water partition coefficient (Wildman–Crippen LogP) is 4.38. The lowest BCUT2D eigenvalue weighted by Crippen LogP contribution is -2.36. The molecule has 0 saturated carbocycles. The van der Waals surface area contributed by atoms with Crippen LogP contribution in [-0.2, 0) is 4.74 Å². The maximum Gasteiger partial charge on any atom is 0.410 e. The average Bonchev–Trinajstić information content (AvgIpc) is 2.73. The third-order valence-corrected chi connectivity index (χ3v) is 3.51. The number of benzene rings is 1. The first-order valence-corrected chi connectivity index (χ1v) is 7.34.